The summed E-state index contributed by atoms with van der Waals surface area (Å²) in [7, 11) is 0. The third kappa shape index (κ3) is 3.25. The van der Waals surface area contributed by atoms with Gasteiger partial charge in [0.15, 0.2) is 0 Å². The van der Waals surface area contributed by atoms with Crippen LogP contribution in [0.3, 0.4) is 0 Å². The molecule has 0 aliphatic rings. The summed E-state index contributed by atoms with van der Waals surface area (Å²) in [6.07, 6.45) is -1.47. The van der Waals surface area contributed by atoms with Crippen LogP contribution >= 0.6 is 0 Å². The summed E-state index contributed by atoms with van der Waals surface area (Å²) in [4.78, 5) is 31.0. The van der Waals surface area contributed by atoms with Crippen molar-refractivity contribution in [1.82, 2.24) is 0 Å². The summed E-state index contributed by atoms with van der Waals surface area (Å²) < 4.78 is 4.42. The van der Waals surface area contributed by atoms with Gasteiger partial charge in [-0.2, -0.15) is 0 Å². The molecule has 1 rings (SSSR count). The number of carbonyl (C=O) groups excluding carboxylic acids is 1. The quantitative estimate of drug-likeness (QED) is 0.351. The maximum atomic E-state index is 11.0. The highest BCUT2D eigenvalue weighted by Gasteiger charge is 2.29. The van der Waals surface area contributed by atoms with Crippen molar-refractivity contribution in [1.29, 1.82) is 0 Å². The average Bonchev–Trinajstić information content (AvgIpc) is 2.36. The van der Waals surface area contributed by atoms with Crippen LogP contribution in [0.5, 0.6) is 5.75 Å². The van der Waals surface area contributed by atoms with Crippen LogP contribution in [0, 0.1) is 27.2 Å². The van der Waals surface area contributed by atoms with Crippen molar-refractivity contribution in [3.05, 3.63) is 37.4 Å². The molecule has 9 heteroatoms. The first kappa shape index (κ1) is 16.3. The second-order valence-corrected chi connectivity index (χ2v) is 4.46. The van der Waals surface area contributed by atoms with Crippen molar-refractivity contribution in [3.63, 3.8) is 0 Å². The number of hydrogen-bond acceptors (Lipinski definition) is 7. The first-order valence-corrected chi connectivity index (χ1v) is 6.05. The molecule has 1 atom stereocenters. The third-order valence-electron chi connectivity index (χ3n) is 3.22. The van der Waals surface area contributed by atoms with E-state index in [1.807, 2.05) is 0 Å². The number of nitrogens with zero attached hydrogens (tertiary/aromatic N) is 2. The minimum atomic E-state index is -1.96. The molecule has 9 nitrogen and oxygen atoms in total. The van der Waals surface area contributed by atoms with Gasteiger partial charge in [0, 0.05) is 5.56 Å². The van der Waals surface area contributed by atoms with Gasteiger partial charge in [-0.3, -0.25) is 20.2 Å². The van der Waals surface area contributed by atoms with Crippen molar-refractivity contribution >= 4 is 17.5 Å². The summed E-state index contributed by atoms with van der Waals surface area (Å²) in [6.45, 7) is 4.82. The molecule has 0 spiro atoms. The zero-order valence-corrected chi connectivity index (χ0v) is 11.6. The van der Waals surface area contributed by atoms with Gasteiger partial charge in [0.2, 0.25) is 0 Å². The Balaban J connectivity index is 3.79. The first-order valence-electron chi connectivity index (χ1n) is 6.05. The van der Waals surface area contributed by atoms with E-state index >= 15 is 0 Å². The lowest BCUT2D eigenvalue weighted by molar-refractivity contribution is -0.395. The van der Waals surface area contributed by atoms with Crippen LogP contribution in [0.25, 0.3) is 0 Å². The Hall–Kier alpha value is -2.71. The number of benzene rings is 1. The third-order valence-corrected chi connectivity index (χ3v) is 3.22. The molecule has 1 aromatic rings. The fraction of sp³-hybridized carbons (Fsp3) is 0.417. The van der Waals surface area contributed by atoms with Gasteiger partial charge in [-0.05, 0) is 24.8 Å². The van der Waals surface area contributed by atoms with Gasteiger partial charge in [0.05, 0.1) is 15.9 Å². The fourth-order valence-corrected chi connectivity index (χ4v) is 2.06. The SMILES string of the molecule is CCC(C)c1c(C)c([N+](=O)[O-])cc([N+](=O)[O-])c1OC(=O)[O-]. The second-order valence-electron chi connectivity index (χ2n) is 4.46. The van der Waals surface area contributed by atoms with Gasteiger partial charge >= 0.3 is 0 Å². The highest BCUT2D eigenvalue weighted by Crippen LogP contribution is 2.43. The van der Waals surface area contributed by atoms with Crippen LogP contribution < -0.4 is 9.84 Å². The van der Waals surface area contributed by atoms with Gasteiger partial charge < -0.3 is 14.6 Å². The Bertz CT molecular complexity index is 612. The predicted molar refractivity (Wildman–Crippen MR) is 69.2 cm³/mol. The number of carbonyl (C=O) groups is 1. The number of carboxylic acid groups (broad SMARTS) is 1. The van der Waals surface area contributed by atoms with Crippen LogP contribution in [0.15, 0.2) is 6.07 Å². The summed E-state index contributed by atoms with van der Waals surface area (Å²) in [5.41, 5.74) is -0.965. The molecule has 21 heavy (non-hydrogen) atoms. The number of ether oxygens (including phenoxy) is 1. The highest BCUT2D eigenvalue weighted by molar-refractivity contribution is 5.69. The number of nitro groups is 2. The van der Waals surface area contributed by atoms with Crippen molar-refractivity contribution in [3.8, 4) is 5.75 Å². The zero-order valence-electron chi connectivity index (χ0n) is 11.6. The molecule has 0 bridgehead atoms. The van der Waals surface area contributed by atoms with Crippen molar-refractivity contribution in [2.45, 2.75) is 33.1 Å². The summed E-state index contributed by atoms with van der Waals surface area (Å²) in [5.74, 6) is -0.879. The molecule has 1 aromatic carbocycles. The standard InChI is InChI=1S/C12H14N2O7/c1-4-6(2)10-7(3)8(13(17)18)5-9(14(19)20)11(10)21-12(15)16/h5-6H,4H2,1-3H3,(H,15,16)/p-1. The van der Waals surface area contributed by atoms with Gasteiger partial charge in [-0.1, -0.05) is 13.8 Å². The summed E-state index contributed by atoms with van der Waals surface area (Å²) >= 11 is 0. The van der Waals surface area contributed by atoms with Crippen molar-refractivity contribution < 1.29 is 24.5 Å². The van der Waals surface area contributed by atoms with E-state index in [0.29, 0.717) is 12.5 Å². The van der Waals surface area contributed by atoms with Crippen LogP contribution in [-0.4, -0.2) is 16.0 Å². The van der Waals surface area contributed by atoms with Crippen molar-refractivity contribution in [2.24, 2.45) is 0 Å². The molecular formula is C12H13N2O7-. The van der Waals surface area contributed by atoms with E-state index in [-0.39, 0.29) is 17.0 Å². The van der Waals surface area contributed by atoms with E-state index in [0.717, 1.165) is 0 Å². The van der Waals surface area contributed by atoms with Gasteiger partial charge in [0.1, 0.15) is 5.75 Å². The molecule has 0 saturated heterocycles. The van der Waals surface area contributed by atoms with Gasteiger partial charge in [-0.25, -0.2) is 0 Å². The molecular weight excluding hydrogens is 284 g/mol. The molecule has 0 aliphatic heterocycles. The maximum absolute atomic E-state index is 11.0. The zero-order chi connectivity index (χ0) is 16.3. The average molecular weight is 297 g/mol. The lowest BCUT2D eigenvalue weighted by atomic mass is 9.91. The first-order chi connectivity index (χ1) is 9.70. The monoisotopic (exact) mass is 297 g/mol. The minimum absolute atomic E-state index is 0.127. The number of rotatable bonds is 5. The maximum Gasteiger partial charge on any atom is 0.299 e. The van der Waals surface area contributed by atoms with Crippen LogP contribution in [0.2, 0.25) is 0 Å². The normalized spacial score (nSPS) is 11.8. The summed E-state index contributed by atoms with van der Waals surface area (Å²) in [6, 6.07) is 0.694. The number of nitro benzene ring substituents is 2. The molecule has 0 radical (unpaired) electrons. The molecule has 0 aliphatic carbocycles. The van der Waals surface area contributed by atoms with E-state index in [1.165, 1.54) is 6.92 Å². The topological polar surface area (TPSA) is 136 Å². The molecule has 0 amide bonds. The molecule has 0 N–H and O–H groups in total. The van der Waals surface area contributed by atoms with Crippen LogP contribution in [0.4, 0.5) is 16.2 Å². The van der Waals surface area contributed by atoms with Crippen molar-refractivity contribution in [2.75, 3.05) is 0 Å². The lowest BCUT2D eigenvalue weighted by Crippen LogP contribution is -2.27. The summed E-state index contributed by atoms with van der Waals surface area (Å²) in [5, 5.41) is 32.7. The highest BCUT2D eigenvalue weighted by atomic mass is 16.7. The molecule has 0 saturated carbocycles. The Morgan fingerprint density at radius 3 is 2.19 bits per heavy atom. The molecule has 0 heterocycles. The molecule has 1 unspecified atom stereocenters. The van der Waals surface area contributed by atoms with Crippen LogP contribution in [0.1, 0.15) is 37.3 Å². The second kappa shape index (κ2) is 6.16. The Kier molecular flexibility index (Phi) is 4.79. The Morgan fingerprint density at radius 1 is 1.29 bits per heavy atom. The molecule has 0 aromatic heterocycles. The van der Waals surface area contributed by atoms with Gasteiger partial charge in [0.25, 0.3) is 17.5 Å². The molecule has 114 valence electrons. The van der Waals surface area contributed by atoms with E-state index in [9.17, 15) is 30.1 Å². The Labute approximate surface area is 119 Å². The fourth-order valence-electron chi connectivity index (χ4n) is 2.06. The minimum Gasteiger partial charge on any atom is -0.506 e. The molecule has 0 fully saturated rings. The van der Waals surface area contributed by atoms with E-state index in [2.05, 4.69) is 4.74 Å². The number of hydrogen-bond donors (Lipinski definition) is 0. The van der Waals surface area contributed by atoms with E-state index < -0.39 is 33.1 Å². The van der Waals surface area contributed by atoms with Crippen LogP contribution in [-0.2, 0) is 0 Å². The van der Waals surface area contributed by atoms with E-state index in [1.54, 1.807) is 13.8 Å². The largest absolute Gasteiger partial charge is 0.506 e. The lowest BCUT2D eigenvalue weighted by Gasteiger charge is -2.20. The predicted octanol–water partition coefficient (Wildman–Crippen LogP) is 2.05. The van der Waals surface area contributed by atoms with Gasteiger partial charge in [-0.15, -0.1) is 0 Å². The smallest absolute Gasteiger partial charge is 0.299 e. The Morgan fingerprint density at radius 2 is 1.81 bits per heavy atom. The van der Waals surface area contributed by atoms with E-state index in [4.69, 9.17) is 0 Å².